The van der Waals surface area contributed by atoms with Crippen LogP contribution in [0, 0.1) is 17.8 Å². The van der Waals surface area contributed by atoms with Gasteiger partial charge in [-0.3, -0.25) is 4.79 Å². The van der Waals surface area contributed by atoms with E-state index < -0.39 is 12.0 Å². The normalized spacial score (nSPS) is 34.2. The van der Waals surface area contributed by atoms with Gasteiger partial charge in [0.2, 0.25) is 5.91 Å². The summed E-state index contributed by atoms with van der Waals surface area (Å²) in [6.07, 6.45) is 3.80. The molecule has 0 aromatic heterocycles. The van der Waals surface area contributed by atoms with Crippen LogP contribution in [0.3, 0.4) is 0 Å². The molecule has 1 heterocycles. The number of aliphatic carboxylic acids is 1. The van der Waals surface area contributed by atoms with Crippen molar-refractivity contribution in [2.45, 2.75) is 37.6 Å². The van der Waals surface area contributed by atoms with Gasteiger partial charge in [0.15, 0.2) is 0 Å². The Hall–Kier alpha value is -1.26. The second-order valence-electron chi connectivity index (χ2n) is 7.25. The second-order valence-corrected chi connectivity index (χ2v) is 8.07. The van der Waals surface area contributed by atoms with Crippen molar-refractivity contribution in [3.8, 4) is 0 Å². The maximum atomic E-state index is 12.9. The van der Waals surface area contributed by atoms with Crippen LogP contribution in [0.5, 0.6) is 0 Å². The van der Waals surface area contributed by atoms with Gasteiger partial charge in [-0.2, -0.15) is 0 Å². The molecule has 1 saturated heterocycles. The fourth-order valence-electron chi connectivity index (χ4n) is 4.64. The molecule has 5 atom stereocenters. The minimum absolute atomic E-state index is 0.00660. The van der Waals surface area contributed by atoms with Crippen molar-refractivity contribution in [2.75, 3.05) is 6.54 Å². The number of benzene rings is 1. The summed E-state index contributed by atoms with van der Waals surface area (Å²) in [6, 6.07) is 4.83. The number of rotatable bonds is 3. The summed E-state index contributed by atoms with van der Waals surface area (Å²) in [5.74, 6) is -0.367. The largest absolute Gasteiger partial charge is 0.480 e. The molecule has 0 radical (unpaired) electrons. The number of nitrogens with zero attached hydrogens (tertiary/aromatic N) is 1. The van der Waals surface area contributed by atoms with E-state index >= 15 is 0 Å². The summed E-state index contributed by atoms with van der Waals surface area (Å²) in [4.78, 5) is 26.2. The number of carboxylic acid groups (broad SMARTS) is 1. The Morgan fingerprint density at radius 1 is 1.17 bits per heavy atom. The Bertz CT molecular complexity index is 708. The van der Waals surface area contributed by atoms with E-state index in [9.17, 15) is 14.7 Å². The lowest BCUT2D eigenvalue weighted by atomic mass is 9.94. The molecule has 4 rings (SSSR count). The average molecular weight is 368 g/mol. The quantitative estimate of drug-likeness (QED) is 0.883. The van der Waals surface area contributed by atoms with E-state index in [0.717, 1.165) is 31.2 Å². The summed E-state index contributed by atoms with van der Waals surface area (Å²) in [6.45, 7) is 0.602. The Kier molecular flexibility index (Phi) is 4.00. The molecule has 24 heavy (non-hydrogen) atoms. The third kappa shape index (κ3) is 2.60. The van der Waals surface area contributed by atoms with Gasteiger partial charge in [-0.15, -0.1) is 0 Å². The van der Waals surface area contributed by atoms with Crippen molar-refractivity contribution in [3.63, 3.8) is 0 Å². The Labute approximate surface area is 150 Å². The molecule has 0 spiro atoms. The van der Waals surface area contributed by atoms with E-state index in [1.165, 1.54) is 0 Å². The van der Waals surface area contributed by atoms with Crippen molar-refractivity contribution in [3.05, 3.63) is 33.8 Å². The van der Waals surface area contributed by atoms with Crippen LogP contribution in [-0.2, 0) is 9.59 Å². The smallest absolute Gasteiger partial charge is 0.326 e. The minimum atomic E-state index is -0.857. The fraction of sp³-hybridized carbons (Fsp3) is 0.556. The number of halogens is 2. The number of carbonyl (C=O) groups is 2. The number of fused-ring (bicyclic) bond motifs is 1. The molecule has 1 amide bonds. The van der Waals surface area contributed by atoms with Gasteiger partial charge in [0.1, 0.15) is 6.04 Å². The molecule has 3 aliphatic rings. The van der Waals surface area contributed by atoms with Crippen molar-refractivity contribution < 1.29 is 14.7 Å². The third-order valence-electron chi connectivity index (χ3n) is 5.91. The lowest BCUT2D eigenvalue weighted by Gasteiger charge is -2.24. The maximum absolute atomic E-state index is 12.9. The molecule has 0 bridgehead atoms. The molecule has 1 aromatic rings. The molecule has 128 valence electrons. The highest BCUT2D eigenvalue weighted by molar-refractivity contribution is 6.42. The molecule has 4 nitrogen and oxygen atoms in total. The lowest BCUT2D eigenvalue weighted by molar-refractivity contribution is -0.150. The van der Waals surface area contributed by atoms with Gasteiger partial charge >= 0.3 is 5.97 Å². The first-order chi connectivity index (χ1) is 11.5. The van der Waals surface area contributed by atoms with Crippen molar-refractivity contribution in [1.29, 1.82) is 0 Å². The number of hydrogen-bond acceptors (Lipinski definition) is 2. The lowest BCUT2D eigenvalue weighted by Crippen LogP contribution is -2.44. The summed E-state index contributed by atoms with van der Waals surface area (Å²) in [5, 5.41) is 10.6. The highest BCUT2D eigenvalue weighted by atomic mass is 35.5. The van der Waals surface area contributed by atoms with Crippen molar-refractivity contribution in [1.82, 2.24) is 4.90 Å². The van der Waals surface area contributed by atoms with E-state index in [0.29, 0.717) is 22.5 Å². The van der Waals surface area contributed by atoms with Crippen LogP contribution in [-0.4, -0.2) is 34.5 Å². The third-order valence-corrected chi connectivity index (χ3v) is 6.64. The summed E-state index contributed by atoms with van der Waals surface area (Å²) >= 11 is 12.0. The average Bonchev–Trinajstić information content (AvgIpc) is 3.05. The van der Waals surface area contributed by atoms with Gasteiger partial charge in [-0.1, -0.05) is 35.7 Å². The van der Waals surface area contributed by atoms with Gasteiger partial charge in [-0.05, 0) is 54.7 Å². The Morgan fingerprint density at radius 3 is 2.67 bits per heavy atom. The molecule has 2 saturated carbocycles. The van der Waals surface area contributed by atoms with Crippen molar-refractivity contribution >= 4 is 35.1 Å². The van der Waals surface area contributed by atoms with E-state index in [1.54, 1.807) is 11.0 Å². The first kappa shape index (κ1) is 16.2. The molecule has 1 N–H and O–H groups in total. The van der Waals surface area contributed by atoms with Crippen LogP contribution in [0.25, 0.3) is 0 Å². The van der Waals surface area contributed by atoms with Gasteiger partial charge in [0, 0.05) is 12.5 Å². The van der Waals surface area contributed by atoms with E-state index in [-0.39, 0.29) is 23.7 Å². The molecule has 2 aliphatic carbocycles. The monoisotopic (exact) mass is 367 g/mol. The zero-order valence-corrected chi connectivity index (χ0v) is 14.6. The summed E-state index contributed by atoms with van der Waals surface area (Å²) in [7, 11) is 0. The predicted molar refractivity (Wildman–Crippen MR) is 91.3 cm³/mol. The number of carboxylic acids is 1. The molecule has 5 unspecified atom stereocenters. The number of carbonyl (C=O) groups excluding carboxylic acids is 1. The Morgan fingerprint density at radius 2 is 1.96 bits per heavy atom. The zero-order valence-electron chi connectivity index (χ0n) is 13.1. The Balaban J connectivity index is 1.50. The van der Waals surface area contributed by atoms with Gasteiger partial charge < -0.3 is 10.0 Å². The van der Waals surface area contributed by atoms with E-state index in [4.69, 9.17) is 23.2 Å². The van der Waals surface area contributed by atoms with Crippen LogP contribution >= 0.6 is 23.2 Å². The topological polar surface area (TPSA) is 57.6 Å². The van der Waals surface area contributed by atoms with Crippen LogP contribution in [0.1, 0.15) is 37.2 Å². The zero-order chi connectivity index (χ0) is 17.0. The van der Waals surface area contributed by atoms with Crippen LogP contribution in [0.15, 0.2) is 18.2 Å². The first-order valence-corrected chi connectivity index (χ1v) is 9.21. The van der Waals surface area contributed by atoms with Gasteiger partial charge in [0.25, 0.3) is 0 Å². The number of hydrogen-bond donors (Lipinski definition) is 1. The second kappa shape index (κ2) is 5.92. The van der Waals surface area contributed by atoms with Crippen molar-refractivity contribution in [2.24, 2.45) is 17.8 Å². The molecular formula is C18H19Cl2NO3. The molecule has 1 aliphatic heterocycles. The van der Waals surface area contributed by atoms with Gasteiger partial charge in [0.05, 0.1) is 10.0 Å². The van der Waals surface area contributed by atoms with E-state index in [2.05, 4.69) is 0 Å². The highest BCUT2D eigenvalue weighted by Crippen LogP contribution is 2.51. The maximum Gasteiger partial charge on any atom is 0.326 e. The first-order valence-electron chi connectivity index (χ1n) is 8.45. The molecular weight excluding hydrogens is 349 g/mol. The van der Waals surface area contributed by atoms with E-state index in [1.807, 2.05) is 12.1 Å². The SMILES string of the molecule is O=C(O)C1C2CCCC2CN1C(=O)C1CC1c1ccc(Cl)c(Cl)c1. The van der Waals surface area contributed by atoms with Gasteiger partial charge in [-0.25, -0.2) is 4.79 Å². The number of amides is 1. The predicted octanol–water partition coefficient (Wildman–Crippen LogP) is 3.81. The molecule has 3 fully saturated rings. The number of likely N-dealkylation sites (tertiary alicyclic amines) is 1. The summed E-state index contributed by atoms with van der Waals surface area (Å²) in [5.41, 5.74) is 1.01. The highest BCUT2D eigenvalue weighted by Gasteiger charge is 2.54. The molecule has 6 heteroatoms. The van der Waals surface area contributed by atoms with Crippen LogP contribution in [0.4, 0.5) is 0 Å². The molecule has 1 aromatic carbocycles. The van der Waals surface area contributed by atoms with Crippen LogP contribution < -0.4 is 0 Å². The standard InChI is InChI=1S/C18H19Cl2NO3/c19-14-5-4-9(6-15(14)20)12-7-13(12)17(22)21-8-10-2-1-3-11(10)16(21)18(23)24/h4-6,10-13,16H,1-3,7-8H2,(H,23,24). The minimum Gasteiger partial charge on any atom is -0.480 e. The summed E-state index contributed by atoms with van der Waals surface area (Å²) < 4.78 is 0. The fourth-order valence-corrected chi connectivity index (χ4v) is 4.95. The van der Waals surface area contributed by atoms with Crippen LogP contribution in [0.2, 0.25) is 10.0 Å².